The molecule has 1 atom stereocenters. The van der Waals surface area contributed by atoms with Crippen molar-refractivity contribution in [2.24, 2.45) is 0 Å². The fourth-order valence-electron chi connectivity index (χ4n) is 3.76. The van der Waals surface area contributed by atoms with Crippen LogP contribution in [0.5, 0.6) is 0 Å². The van der Waals surface area contributed by atoms with E-state index in [-0.39, 0.29) is 12.1 Å². The van der Waals surface area contributed by atoms with Crippen molar-refractivity contribution in [1.29, 1.82) is 5.26 Å². The molecule has 0 spiro atoms. The smallest absolute Gasteiger partial charge is 0.315 e. The summed E-state index contributed by atoms with van der Waals surface area (Å²) < 4.78 is 0. The lowest BCUT2D eigenvalue weighted by molar-refractivity contribution is 0.237. The second-order valence-electron chi connectivity index (χ2n) is 7.75. The first-order valence-corrected chi connectivity index (χ1v) is 10.4. The summed E-state index contributed by atoms with van der Waals surface area (Å²) in [7, 11) is 0. The van der Waals surface area contributed by atoms with Crippen molar-refractivity contribution >= 4 is 11.8 Å². The van der Waals surface area contributed by atoms with Crippen LogP contribution in [0.1, 0.15) is 40.8 Å². The van der Waals surface area contributed by atoms with Crippen LogP contribution >= 0.6 is 0 Å². The first kappa shape index (κ1) is 20.4. The molecule has 2 amide bonds. The maximum Gasteiger partial charge on any atom is 0.315 e. The van der Waals surface area contributed by atoms with Gasteiger partial charge in [-0.1, -0.05) is 42.5 Å². The second kappa shape index (κ2) is 9.31. The lowest BCUT2D eigenvalue weighted by Gasteiger charge is -2.29. The Kier molecular flexibility index (Phi) is 6.13. The predicted octanol–water partition coefficient (Wildman–Crippen LogP) is 4.08. The zero-order chi connectivity index (χ0) is 21.6. The number of amides is 2. The lowest BCUT2D eigenvalue weighted by Crippen LogP contribution is -2.36. The number of urea groups is 1. The lowest BCUT2D eigenvalue weighted by atomic mass is 10.00. The van der Waals surface area contributed by atoms with Crippen LogP contribution in [-0.4, -0.2) is 17.6 Å². The number of benzene rings is 2. The average molecular weight is 412 g/mol. The van der Waals surface area contributed by atoms with Crippen LogP contribution in [0, 0.1) is 11.3 Å². The Labute approximate surface area is 182 Å². The molecular weight excluding hydrogens is 386 g/mol. The average Bonchev–Trinajstić information content (AvgIpc) is 2.83. The molecule has 2 heterocycles. The Morgan fingerprint density at radius 2 is 1.90 bits per heavy atom. The Morgan fingerprint density at radius 3 is 2.61 bits per heavy atom. The molecule has 1 unspecified atom stereocenters. The van der Waals surface area contributed by atoms with Gasteiger partial charge < -0.3 is 15.5 Å². The molecule has 2 N–H and O–H groups in total. The summed E-state index contributed by atoms with van der Waals surface area (Å²) in [5.41, 5.74) is 5.27. The van der Waals surface area contributed by atoms with Crippen molar-refractivity contribution in [1.82, 2.24) is 15.6 Å². The number of pyridine rings is 1. The van der Waals surface area contributed by atoms with E-state index in [1.54, 1.807) is 12.1 Å². The third-order valence-electron chi connectivity index (χ3n) is 5.60. The highest BCUT2D eigenvalue weighted by Gasteiger charge is 2.17. The Morgan fingerprint density at radius 1 is 1.13 bits per heavy atom. The number of hydrogen-bond acceptors (Lipinski definition) is 4. The maximum atomic E-state index is 12.3. The molecule has 1 aliphatic heterocycles. The van der Waals surface area contributed by atoms with Crippen molar-refractivity contribution in [3.05, 3.63) is 94.7 Å². The van der Waals surface area contributed by atoms with Gasteiger partial charge in [-0.05, 0) is 53.8 Å². The van der Waals surface area contributed by atoms with Crippen molar-refractivity contribution in [3.63, 3.8) is 0 Å². The SMILES string of the molecule is CC(NC(=O)NCc1ccc(N2CCc3ccccc3C2)nc1)c1ccc(C#N)cc1. The van der Waals surface area contributed by atoms with Crippen LogP contribution in [-0.2, 0) is 19.5 Å². The Hall–Kier alpha value is -3.85. The van der Waals surface area contributed by atoms with E-state index in [4.69, 9.17) is 5.26 Å². The summed E-state index contributed by atoms with van der Waals surface area (Å²) in [6.45, 7) is 4.14. The van der Waals surface area contributed by atoms with Crippen molar-refractivity contribution in [2.75, 3.05) is 11.4 Å². The van der Waals surface area contributed by atoms with E-state index in [0.29, 0.717) is 12.1 Å². The zero-order valence-electron chi connectivity index (χ0n) is 17.5. The molecule has 156 valence electrons. The van der Waals surface area contributed by atoms with Gasteiger partial charge in [0.05, 0.1) is 17.7 Å². The summed E-state index contributed by atoms with van der Waals surface area (Å²) in [6, 6.07) is 21.5. The van der Waals surface area contributed by atoms with E-state index in [9.17, 15) is 4.79 Å². The topological polar surface area (TPSA) is 81.1 Å². The molecule has 2 aromatic carbocycles. The number of nitriles is 1. The third-order valence-corrected chi connectivity index (χ3v) is 5.60. The van der Waals surface area contributed by atoms with E-state index in [2.05, 4.69) is 50.9 Å². The number of hydrogen-bond donors (Lipinski definition) is 2. The maximum absolute atomic E-state index is 12.3. The number of nitrogens with zero attached hydrogens (tertiary/aromatic N) is 3. The van der Waals surface area contributed by atoms with Gasteiger partial charge in [0, 0.05) is 25.8 Å². The third kappa shape index (κ3) is 5.01. The summed E-state index contributed by atoms with van der Waals surface area (Å²) in [5, 5.41) is 14.7. The van der Waals surface area contributed by atoms with Gasteiger partial charge in [-0.25, -0.2) is 9.78 Å². The molecule has 0 radical (unpaired) electrons. The van der Waals surface area contributed by atoms with E-state index < -0.39 is 0 Å². The van der Waals surface area contributed by atoms with Crippen molar-refractivity contribution in [2.45, 2.75) is 32.5 Å². The number of aromatic nitrogens is 1. The molecule has 0 saturated heterocycles. The van der Waals surface area contributed by atoms with Crippen LogP contribution in [0.25, 0.3) is 0 Å². The molecule has 4 rings (SSSR count). The van der Waals surface area contributed by atoms with Gasteiger partial charge in [0.15, 0.2) is 0 Å². The van der Waals surface area contributed by atoms with Crippen LogP contribution in [0.3, 0.4) is 0 Å². The molecule has 1 aliphatic rings. The Bertz CT molecular complexity index is 1090. The fraction of sp³-hybridized carbons (Fsp3) is 0.240. The number of nitrogens with one attached hydrogen (secondary N) is 2. The minimum Gasteiger partial charge on any atom is -0.352 e. The highest BCUT2D eigenvalue weighted by atomic mass is 16.2. The summed E-state index contributed by atoms with van der Waals surface area (Å²) in [5.74, 6) is 0.956. The minimum absolute atomic E-state index is 0.157. The number of anilines is 1. The molecule has 6 heteroatoms. The predicted molar refractivity (Wildman–Crippen MR) is 120 cm³/mol. The quantitative estimate of drug-likeness (QED) is 0.663. The number of fused-ring (bicyclic) bond motifs is 1. The molecule has 31 heavy (non-hydrogen) atoms. The monoisotopic (exact) mass is 411 g/mol. The second-order valence-corrected chi connectivity index (χ2v) is 7.75. The molecule has 0 saturated carbocycles. The van der Waals surface area contributed by atoms with Crippen LogP contribution in [0.15, 0.2) is 66.9 Å². The normalized spacial score (nSPS) is 13.6. The van der Waals surface area contributed by atoms with Gasteiger partial charge in [-0.15, -0.1) is 0 Å². The largest absolute Gasteiger partial charge is 0.352 e. The van der Waals surface area contributed by atoms with Gasteiger partial charge in [0.25, 0.3) is 0 Å². The van der Waals surface area contributed by atoms with E-state index in [0.717, 1.165) is 36.5 Å². The zero-order valence-corrected chi connectivity index (χ0v) is 17.5. The number of carbonyl (C=O) groups is 1. The summed E-state index contributed by atoms with van der Waals surface area (Å²) in [4.78, 5) is 19.1. The molecule has 0 fully saturated rings. The van der Waals surface area contributed by atoms with Gasteiger partial charge >= 0.3 is 6.03 Å². The van der Waals surface area contributed by atoms with Gasteiger partial charge in [0.1, 0.15) is 5.82 Å². The molecule has 1 aromatic heterocycles. The summed E-state index contributed by atoms with van der Waals surface area (Å²) in [6.07, 6.45) is 2.85. The fourth-order valence-corrected chi connectivity index (χ4v) is 3.76. The minimum atomic E-state index is -0.242. The van der Waals surface area contributed by atoms with E-state index >= 15 is 0 Å². The number of carbonyl (C=O) groups excluding carboxylic acids is 1. The first-order chi connectivity index (χ1) is 15.1. The highest BCUT2D eigenvalue weighted by molar-refractivity contribution is 5.74. The molecule has 0 aliphatic carbocycles. The van der Waals surface area contributed by atoms with Crippen molar-refractivity contribution in [3.8, 4) is 6.07 Å². The van der Waals surface area contributed by atoms with Gasteiger partial charge in [0.2, 0.25) is 0 Å². The number of rotatable bonds is 5. The summed E-state index contributed by atoms with van der Waals surface area (Å²) >= 11 is 0. The highest BCUT2D eigenvalue weighted by Crippen LogP contribution is 2.23. The molecule has 6 nitrogen and oxygen atoms in total. The van der Waals surface area contributed by atoms with Gasteiger partial charge in [-0.2, -0.15) is 5.26 Å². The van der Waals surface area contributed by atoms with E-state index in [1.807, 2.05) is 37.4 Å². The van der Waals surface area contributed by atoms with Crippen LogP contribution in [0.2, 0.25) is 0 Å². The van der Waals surface area contributed by atoms with Crippen LogP contribution < -0.4 is 15.5 Å². The van der Waals surface area contributed by atoms with E-state index in [1.165, 1.54) is 11.1 Å². The first-order valence-electron chi connectivity index (χ1n) is 10.4. The Balaban J connectivity index is 1.28. The van der Waals surface area contributed by atoms with Crippen LogP contribution in [0.4, 0.5) is 10.6 Å². The molecule has 0 bridgehead atoms. The standard InChI is InChI=1S/C25H25N5O/c1-18(21-9-6-19(14-26)7-10-21)29-25(31)28-16-20-8-11-24(27-15-20)30-13-12-22-4-2-3-5-23(22)17-30/h2-11,15,18H,12-13,16-17H2,1H3,(H2,28,29,31). The van der Waals surface area contributed by atoms with Gasteiger partial charge in [-0.3, -0.25) is 0 Å². The molecular formula is C25H25N5O. The van der Waals surface area contributed by atoms with Crippen molar-refractivity contribution < 1.29 is 4.79 Å². The molecule has 3 aromatic rings.